The largest absolute Gasteiger partial charge is 0.258 e. The molecule has 0 spiro atoms. The molecule has 1 aliphatic rings. The number of rotatable bonds is 2. The van der Waals surface area contributed by atoms with Gasteiger partial charge in [-0.15, -0.1) is 11.8 Å². The summed E-state index contributed by atoms with van der Waals surface area (Å²) in [6, 6.07) is 6.60. The van der Waals surface area contributed by atoms with Gasteiger partial charge in [-0.25, -0.2) is 0 Å². The number of allylic oxidation sites excluding steroid dienone is 1. The summed E-state index contributed by atoms with van der Waals surface area (Å²) in [5.74, 6) is 0. The second-order valence-electron chi connectivity index (χ2n) is 4.16. The van der Waals surface area contributed by atoms with Crippen LogP contribution in [0, 0.1) is 6.92 Å². The summed E-state index contributed by atoms with van der Waals surface area (Å²) >= 11 is 1.78. The van der Waals surface area contributed by atoms with E-state index in [2.05, 4.69) is 49.4 Å². The standard InChI is InChI=1S/C14H17NS/c1-10-7-8-12(16-3)9-13(10)14-6-4-5-11(2)15-14/h6-9H,4-5H2,1-3H3. The van der Waals surface area contributed by atoms with Crippen molar-refractivity contribution in [1.82, 2.24) is 0 Å². The summed E-state index contributed by atoms with van der Waals surface area (Å²) in [5, 5.41) is 0. The van der Waals surface area contributed by atoms with Crippen molar-refractivity contribution in [2.45, 2.75) is 31.6 Å². The maximum Gasteiger partial charge on any atom is 0.0664 e. The minimum atomic E-state index is 1.10. The smallest absolute Gasteiger partial charge is 0.0664 e. The number of aliphatic imine (C=N–C) groups is 1. The topological polar surface area (TPSA) is 12.4 Å². The van der Waals surface area contributed by atoms with Crippen LogP contribution in [0.25, 0.3) is 5.70 Å². The molecular weight excluding hydrogens is 214 g/mol. The van der Waals surface area contributed by atoms with Gasteiger partial charge in [0.25, 0.3) is 0 Å². The van der Waals surface area contributed by atoms with Gasteiger partial charge in [0.05, 0.1) is 5.70 Å². The molecule has 0 aromatic heterocycles. The third-order valence-electron chi connectivity index (χ3n) is 2.88. The number of thioether (sulfide) groups is 1. The molecule has 0 aliphatic carbocycles. The molecule has 0 N–H and O–H groups in total. The molecule has 0 saturated heterocycles. The maximum atomic E-state index is 4.66. The fourth-order valence-electron chi connectivity index (χ4n) is 1.90. The van der Waals surface area contributed by atoms with Gasteiger partial charge in [-0.2, -0.15) is 0 Å². The summed E-state index contributed by atoms with van der Waals surface area (Å²) in [4.78, 5) is 5.96. The van der Waals surface area contributed by atoms with E-state index in [1.807, 2.05) is 0 Å². The highest BCUT2D eigenvalue weighted by Crippen LogP contribution is 2.28. The lowest BCUT2D eigenvalue weighted by molar-refractivity contribution is 1.06. The van der Waals surface area contributed by atoms with Crippen LogP contribution < -0.4 is 0 Å². The Morgan fingerprint density at radius 3 is 2.75 bits per heavy atom. The summed E-state index contributed by atoms with van der Waals surface area (Å²) in [6.45, 7) is 4.26. The van der Waals surface area contributed by atoms with Gasteiger partial charge in [-0.3, -0.25) is 4.99 Å². The third kappa shape index (κ3) is 2.38. The molecule has 1 aromatic rings. The van der Waals surface area contributed by atoms with Crippen LogP contribution in [-0.4, -0.2) is 12.0 Å². The van der Waals surface area contributed by atoms with Crippen molar-refractivity contribution in [3.8, 4) is 0 Å². The minimum Gasteiger partial charge on any atom is -0.258 e. The number of hydrogen-bond acceptors (Lipinski definition) is 2. The van der Waals surface area contributed by atoms with Gasteiger partial charge in [-0.1, -0.05) is 12.1 Å². The first-order valence-corrected chi connectivity index (χ1v) is 6.82. The molecule has 0 saturated carbocycles. The molecule has 2 heteroatoms. The van der Waals surface area contributed by atoms with Crippen molar-refractivity contribution in [3.63, 3.8) is 0 Å². The minimum absolute atomic E-state index is 1.10. The number of benzene rings is 1. The van der Waals surface area contributed by atoms with E-state index in [1.54, 1.807) is 11.8 Å². The normalized spacial score (nSPS) is 15.7. The van der Waals surface area contributed by atoms with Crippen LogP contribution in [0.2, 0.25) is 0 Å². The van der Waals surface area contributed by atoms with Crippen molar-refractivity contribution >= 4 is 23.2 Å². The molecule has 0 amide bonds. The van der Waals surface area contributed by atoms with Gasteiger partial charge < -0.3 is 0 Å². The molecule has 1 aromatic carbocycles. The zero-order valence-electron chi connectivity index (χ0n) is 10.1. The first kappa shape index (κ1) is 11.5. The van der Waals surface area contributed by atoms with Crippen LogP contribution in [0.15, 0.2) is 34.2 Å². The Bertz CT molecular complexity index is 458. The van der Waals surface area contributed by atoms with E-state index in [9.17, 15) is 0 Å². The fourth-order valence-corrected chi connectivity index (χ4v) is 2.34. The zero-order valence-corrected chi connectivity index (χ0v) is 10.9. The van der Waals surface area contributed by atoms with Crippen LogP contribution >= 0.6 is 11.8 Å². The Morgan fingerprint density at radius 2 is 2.06 bits per heavy atom. The molecule has 84 valence electrons. The third-order valence-corrected chi connectivity index (χ3v) is 3.60. The molecule has 1 aliphatic heterocycles. The first-order valence-electron chi connectivity index (χ1n) is 5.60. The molecule has 1 nitrogen and oxygen atoms in total. The monoisotopic (exact) mass is 231 g/mol. The molecule has 0 fully saturated rings. The SMILES string of the molecule is CSc1ccc(C)c(C2=CCCC(C)=N2)c1. The highest BCUT2D eigenvalue weighted by Gasteiger charge is 2.09. The van der Waals surface area contributed by atoms with E-state index in [1.165, 1.54) is 21.7 Å². The van der Waals surface area contributed by atoms with Crippen LogP contribution in [0.1, 0.15) is 30.9 Å². The average Bonchev–Trinajstić information content (AvgIpc) is 2.30. The van der Waals surface area contributed by atoms with Crippen molar-refractivity contribution < 1.29 is 0 Å². The Hall–Kier alpha value is -1.02. The lowest BCUT2D eigenvalue weighted by Crippen LogP contribution is -1.99. The highest BCUT2D eigenvalue weighted by molar-refractivity contribution is 7.98. The number of aryl methyl sites for hydroxylation is 1. The van der Waals surface area contributed by atoms with Crippen LogP contribution in [-0.2, 0) is 0 Å². The average molecular weight is 231 g/mol. The summed E-state index contributed by atoms with van der Waals surface area (Å²) < 4.78 is 0. The van der Waals surface area contributed by atoms with Crippen molar-refractivity contribution in [2.24, 2.45) is 4.99 Å². The van der Waals surface area contributed by atoms with Gasteiger partial charge in [0, 0.05) is 16.2 Å². The second kappa shape index (κ2) is 4.88. The van der Waals surface area contributed by atoms with Gasteiger partial charge in [-0.05, 0) is 50.6 Å². The molecular formula is C14H17NS. The summed E-state index contributed by atoms with van der Waals surface area (Å²) in [6.07, 6.45) is 6.58. The quantitative estimate of drug-likeness (QED) is 0.691. The molecule has 1 heterocycles. The molecule has 2 rings (SSSR count). The number of nitrogens with zero attached hydrogens (tertiary/aromatic N) is 1. The predicted octanol–water partition coefficient (Wildman–Crippen LogP) is 4.31. The fraction of sp³-hybridized carbons (Fsp3) is 0.357. The predicted molar refractivity (Wildman–Crippen MR) is 73.3 cm³/mol. The molecule has 0 bridgehead atoms. The highest BCUT2D eigenvalue weighted by atomic mass is 32.2. The lowest BCUT2D eigenvalue weighted by atomic mass is 10.0. The zero-order chi connectivity index (χ0) is 11.5. The molecule has 0 atom stereocenters. The van der Waals surface area contributed by atoms with E-state index in [4.69, 9.17) is 0 Å². The molecule has 0 unspecified atom stereocenters. The van der Waals surface area contributed by atoms with Gasteiger partial charge in [0.2, 0.25) is 0 Å². The van der Waals surface area contributed by atoms with Gasteiger partial charge in [0.15, 0.2) is 0 Å². The maximum absolute atomic E-state index is 4.66. The molecule has 16 heavy (non-hydrogen) atoms. The van der Waals surface area contributed by atoms with Crippen LogP contribution in [0.3, 0.4) is 0 Å². The van der Waals surface area contributed by atoms with E-state index in [0.29, 0.717) is 0 Å². The van der Waals surface area contributed by atoms with Crippen molar-refractivity contribution in [3.05, 3.63) is 35.4 Å². The Morgan fingerprint density at radius 1 is 1.25 bits per heavy atom. The summed E-state index contributed by atoms with van der Waals surface area (Å²) in [7, 11) is 0. The number of hydrogen-bond donors (Lipinski definition) is 0. The second-order valence-corrected chi connectivity index (χ2v) is 5.04. The van der Waals surface area contributed by atoms with E-state index < -0.39 is 0 Å². The Kier molecular flexibility index (Phi) is 3.49. The van der Waals surface area contributed by atoms with Crippen LogP contribution in [0.4, 0.5) is 0 Å². The van der Waals surface area contributed by atoms with E-state index in [0.717, 1.165) is 18.5 Å². The Balaban J connectivity index is 2.43. The van der Waals surface area contributed by atoms with Crippen molar-refractivity contribution in [2.75, 3.05) is 6.26 Å². The summed E-state index contributed by atoms with van der Waals surface area (Å²) in [5.41, 5.74) is 4.98. The van der Waals surface area contributed by atoms with Crippen LogP contribution in [0.5, 0.6) is 0 Å². The van der Waals surface area contributed by atoms with E-state index in [-0.39, 0.29) is 0 Å². The molecule has 0 radical (unpaired) electrons. The first-order chi connectivity index (χ1) is 7.70. The lowest BCUT2D eigenvalue weighted by Gasteiger charge is -2.13. The van der Waals surface area contributed by atoms with Crippen molar-refractivity contribution in [1.29, 1.82) is 0 Å². The van der Waals surface area contributed by atoms with Gasteiger partial charge >= 0.3 is 0 Å². The van der Waals surface area contributed by atoms with Gasteiger partial charge in [0.1, 0.15) is 0 Å². The van der Waals surface area contributed by atoms with E-state index >= 15 is 0 Å². The Labute approximate surface area is 102 Å².